The molecule has 0 heterocycles. The molecular formula is C18H24N2O5. The van der Waals surface area contributed by atoms with Crippen LogP contribution in [-0.4, -0.2) is 54.1 Å². The van der Waals surface area contributed by atoms with Crippen molar-refractivity contribution in [3.05, 3.63) is 41.5 Å². The van der Waals surface area contributed by atoms with Gasteiger partial charge in [0.15, 0.2) is 0 Å². The number of carbonyl (C=O) groups excluding carboxylic acids is 2. The largest absolute Gasteiger partial charge is 0.478 e. The molecule has 0 saturated heterocycles. The summed E-state index contributed by atoms with van der Waals surface area (Å²) in [5, 5.41) is 11.2. The average molecular weight is 348 g/mol. The van der Waals surface area contributed by atoms with Gasteiger partial charge >= 0.3 is 11.9 Å². The van der Waals surface area contributed by atoms with E-state index in [1.54, 1.807) is 24.3 Å². The minimum atomic E-state index is -1.18. The fourth-order valence-electron chi connectivity index (χ4n) is 2.06. The Morgan fingerprint density at radius 1 is 1.16 bits per heavy atom. The first-order valence-electron chi connectivity index (χ1n) is 8.09. The Hall–Kier alpha value is -2.67. The average Bonchev–Trinajstić information content (AvgIpc) is 2.58. The molecule has 1 rings (SSSR count). The summed E-state index contributed by atoms with van der Waals surface area (Å²) < 4.78 is 5.22. The van der Waals surface area contributed by atoms with Gasteiger partial charge in [0.25, 0.3) is 5.91 Å². The van der Waals surface area contributed by atoms with Gasteiger partial charge in [0.1, 0.15) is 6.61 Å². The zero-order chi connectivity index (χ0) is 18.8. The van der Waals surface area contributed by atoms with Crippen LogP contribution in [0.1, 0.15) is 31.1 Å². The van der Waals surface area contributed by atoms with Gasteiger partial charge < -0.3 is 20.1 Å². The second-order valence-corrected chi connectivity index (χ2v) is 5.36. The summed E-state index contributed by atoms with van der Waals surface area (Å²) in [5.41, 5.74) is 0.922. The third kappa shape index (κ3) is 7.17. The summed E-state index contributed by atoms with van der Waals surface area (Å²) >= 11 is 0. The van der Waals surface area contributed by atoms with Crippen LogP contribution in [0.3, 0.4) is 0 Å². The molecule has 0 spiro atoms. The van der Waals surface area contributed by atoms with E-state index in [4.69, 9.17) is 9.84 Å². The Morgan fingerprint density at radius 2 is 1.76 bits per heavy atom. The van der Waals surface area contributed by atoms with Gasteiger partial charge in [-0.05, 0) is 44.3 Å². The fraction of sp³-hybridized carbons (Fsp3) is 0.389. The number of aliphatic carboxylic acids is 1. The smallest absolute Gasteiger partial charge is 0.338 e. The van der Waals surface area contributed by atoms with Gasteiger partial charge in [-0.15, -0.1) is 0 Å². The molecular weight excluding hydrogens is 324 g/mol. The maximum atomic E-state index is 12.0. The minimum absolute atomic E-state index is 0.0763. The highest BCUT2D eigenvalue weighted by atomic mass is 16.5. The standard InChI is InChI=1S/C18H24N2O5/c1-4-20(5-2)10-11-25-18(24)14-6-8-15(9-7-14)19-17(23)13(3)12-16(21)22/h6-9,12H,4-5,10-11H2,1-3H3,(H,19,23)(H,21,22)/b13-12+. The molecule has 0 radical (unpaired) electrons. The molecule has 0 atom stereocenters. The molecule has 7 nitrogen and oxygen atoms in total. The number of anilines is 1. The quantitative estimate of drug-likeness (QED) is 0.524. The van der Waals surface area contributed by atoms with E-state index < -0.39 is 17.8 Å². The zero-order valence-electron chi connectivity index (χ0n) is 14.7. The molecule has 0 saturated carbocycles. The Bertz CT molecular complexity index is 633. The van der Waals surface area contributed by atoms with Gasteiger partial charge in [0.05, 0.1) is 5.56 Å². The molecule has 0 aliphatic heterocycles. The van der Waals surface area contributed by atoms with Crippen molar-refractivity contribution in [2.24, 2.45) is 0 Å². The number of hydrogen-bond donors (Lipinski definition) is 2. The Kier molecular flexibility index (Phi) is 8.35. The summed E-state index contributed by atoms with van der Waals surface area (Å²) in [6.45, 7) is 8.30. The second kappa shape index (κ2) is 10.2. The third-order valence-corrected chi connectivity index (χ3v) is 3.61. The first-order chi connectivity index (χ1) is 11.9. The topological polar surface area (TPSA) is 95.9 Å². The summed E-state index contributed by atoms with van der Waals surface area (Å²) in [6.07, 6.45) is 0.830. The van der Waals surface area contributed by atoms with Crippen molar-refractivity contribution < 1.29 is 24.2 Å². The summed E-state index contributed by atoms with van der Waals surface area (Å²) in [5.74, 6) is -2.13. The number of carboxylic acid groups (broad SMARTS) is 1. The maximum absolute atomic E-state index is 12.0. The van der Waals surface area contributed by atoms with Crippen LogP contribution in [0.4, 0.5) is 5.69 Å². The monoisotopic (exact) mass is 348 g/mol. The van der Waals surface area contributed by atoms with Crippen molar-refractivity contribution in [1.82, 2.24) is 4.90 Å². The number of likely N-dealkylation sites (N-methyl/N-ethyl adjacent to an activating group) is 1. The van der Waals surface area contributed by atoms with Gasteiger partial charge in [-0.2, -0.15) is 0 Å². The zero-order valence-corrected chi connectivity index (χ0v) is 14.7. The molecule has 0 unspecified atom stereocenters. The molecule has 1 aromatic rings. The van der Waals surface area contributed by atoms with Crippen molar-refractivity contribution in [3.8, 4) is 0 Å². The van der Waals surface area contributed by atoms with Crippen LogP contribution in [0.2, 0.25) is 0 Å². The van der Waals surface area contributed by atoms with Crippen molar-refractivity contribution in [2.75, 3.05) is 31.6 Å². The van der Waals surface area contributed by atoms with Crippen molar-refractivity contribution in [3.63, 3.8) is 0 Å². The number of esters is 1. The van der Waals surface area contributed by atoms with Crippen LogP contribution in [0.25, 0.3) is 0 Å². The lowest BCUT2D eigenvalue weighted by molar-refractivity contribution is -0.131. The molecule has 7 heteroatoms. The molecule has 0 aliphatic rings. The molecule has 1 amide bonds. The third-order valence-electron chi connectivity index (χ3n) is 3.61. The molecule has 0 aromatic heterocycles. The van der Waals surface area contributed by atoms with Crippen molar-refractivity contribution in [1.29, 1.82) is 0 Å². The Labute approximate surface area is 147 Å². The van der Waals surface area contributed by atoms with E-state index in [9.17, 15) is 14.4 Å². The number of ether oxygens (including phenoxy) is 1. The highest BCUT2D eigenvalue weighted by molar-refractivity contribution is 6.06. The number of hydrogen-bond acceptors (Lipinski definition) is 5. The molecule has 0 aliphatic carbocycles. The SMILES string of the molecule is CCN(CC)CCOC(=O)c1ccc(NC(=O)/C(C)=C/C(=O)O)cc1. The normalized spacial score (nSPS) is 11.3. The fourth-order valence-corrected chi connectivity index (χ4v) is 2.06. The van der Waals surface area contributed by atoms with E-state index in [0.29, 0.717) is 24.4 Å². The summed E-state index contributed by atoms with van der Waals surface area (Å²) in [6, 6.07) is 6.22. The van der Waals surface area contributed by atoms with E-state index in [2.05, 4.69) is 10.2 Å². The maximum Gasteiger partial charge on any atom is 0.338 e. The van der Waals surface area contributed by atoms with E-state index in [-0.39, 0.29) is 5.57 Å². The van der Waals surface area contributed by atoms with E-state index in [1.807, 2.05) is 13.8 Å². The minimum Gasteiger partial charge on any atom is -0.478 e. The molecule has 25 heavy (non-hydrogen) atoms. The molecule has 1 aromatic carbocycles. The van der Waals surface area contributed by atoms with Gasteiger partial charge in [-0.1, -0.05) is 13.8 Å². The Morgan fingerprint density at radius 3 is 2.28 bits per heavy atom. The predicted octanol–water partition coefficient (Wildman–Crippen LogP) is 2.15. The van der Waals surface area contributed by atoms with Gasteiger partial charge in [-0.3, -0.25) is 4.79 Å². The number of carboxylic acids is 1. The van der Waals surface area contributed by atoms with Gasteiger partial charge in [0, 0.05) is 23.9 Å². The van der Waals surface area contributed by atoms with Crippen LogP contribution in [0.15, 0.2) is 35.9 Å². The predicted molar refractivity (Wildman–Crippen MR) is 94.5 cm³/mol. The number of amides is 1. The highest BCUT2D eigenvalue weighted by Gasteiger charge is 2.10. The van der Waals surface area contributed by atoms with Crippen LogP contribution >= 0.6 is 0 Å². The number of nitrogens with zero attached hydrogens (tertiary/aromatic N) is 1. The highest BCUT2D eigenvalue weighted by Crippen LogP contribution is 2.12. The van der Waals surface area contributed by atoms with Crippen LogP contribution in [-0.2, 0) is 14.3 Å². The Balaban J connectivity index is 2.56. The lowest BCUT2D eigenvalue weighted by Crippen LogP contribution is -2.27. The molecule has 2 N–H and O–H groups in total. The first-order valence-corrected chi connectivity index (χ1v) is 8.09. The second-order valence-electron chi connectivity index (χ2n) is 5.36. The summed E-state index contributed by atoms with van der Waals surface area (Å²) in [4.78, 5) is 36.4. The van der Waals surface area contributed by atoms with E-state index in [1.165, 1.54) is 6.92 Å². The molecule has 0 bridgehead atoms. The van der Waals surface area contributed by atoms with E-state index in [0.717, 1.165) is 19.2 Å². The van der Waals surface area contributed by atoms with Gasteiger partial charge in [0.2, 0.25) is 0 Å². The molecule has 0 fully saturated rings. The number of nitrogens with one attached hydrogen (secondary N) is 1. The van der Waals surface area contributed by atoms with Crippen LogP contribution < -0.4 is 5.32 Å². The first kappa shape index (κ1) is 20.4. The molecule has 136 valence electrons. The van der Waals surface area contributed by atoms with Crippen molar-refractivity contribution in [2.45, 2.75) is 20.8 Å². The van der Waals surface area contributed by atoms with E-state index >= 15 is 0 Å². The summed E-state index contributed by atoms with van der Waals surface area (Å²) in [7, 11) is 0. The number of rotatable bonds is 9. The van der Waals surface area contributed by atoms with Gasteiger partial charge in [-0.25, -0.2) is 9.59 Å². The number of benzene rings is 1. The number of carbonyl (C=O) groups is 3. The van der Waals surface area contributed by atoms with Crippen LogP contribution in [0, 0.1) is 0 Å². The van der Waals surface area contributed by atoms with Crippen LogP contribution in [0.5, 0.6) is 0 Å². The lowest BCUT2D eigenvalue weighted by atomic mass is 10.2. The van der Waals surface area contributed by atoms with Crippen molar-refractivity contribution >= 4 is 23.5 Å². The lowest BCUT2D eigenvalue weighted by Gasteiger charge is -2.17.